The second-order valence-corrected chi connectivity index (χ2v) is 9.76. The molecule has 1 aliphatic heterocycles. The molecule has 0 aliphatic carbocycles. The van der Waals surface area contributed by atoms with Gasteiger partial charge in [0.05, 0.1) is 6.61 Å². The van der Waals surface area contributed by atoms with E-state index in [4.69, 9.17) is 5.11 Å². The van der Waals surface area contributed by atoms with Gasteiger partial charge in [0, 0.05) is 23.6 Å². The largest absolute Gasteiger partial charge is 0.392 e. The molecule has 1 aliphatic rings. The molecule has 2 heterocycles. The first-order valence-corrected chi connectivity index (χ1v) is 8.98. The van der Waals surface area contributed by atoms with E-state index >= 15 is 0 Å². The van der Waals surface area contributed by atoms with Crippen LogP contribution in [0.15, 0.2) is 15.7 Å². The van der Waals surface area contributed by atoms with Crippen LogP contribution in [0.3, 0.4) is 0 Å². The van der Waals surface area contributed by atoms with E-state index in [-0.39, 0.29) is 11.4 Å². The zero-order valence-electron chi connectivity index (χ0n) is 10.4. The first-order valence-electron chi connectivity index (χ1n) is 5.67. The average Bonchev–Trinajstić information content (AvgIpc) is 2.76. The fraction of sp³-hybridized carbons (Fsp3) is 0.636. The topological polar surface area (TPSA) is 57.6 Å². The van der Waals surface area contributed by atoms with Crippen LogP contribution in [-0.2, 0) is 16.6 Å². The van der Waals surface area contributed by atoms with E-state index in [0.29, 0.717) is 22.9 Å². The molecule has 0 bridgehead atoms. The maximum absolute atomic E-state index is 12.4. The number of thioether (sulfide) groups is 1. The van der Waals surface area contributed by atoms with Crippen molar-refractivity contribution in [2.45, 2.75) is 29.4 Å². The van der Waals surface area contributed by atoms with Gasteiger partial charge in [-0.1, -0.05) is 0 Å². The number of thiophene rings is 1. The molecule has 1 fully saturated rings. The highest BCUT2D eigenvalue weighted by Crippen LogP contribution is 2.33. The van der Waals surface area contributed by atoms with E-state index in [1.165, 1.54) is 11.3 Å². The van der Waals surface area contributed by atoms with Crippen LogP contribution in [0.1, 0.15) is 19.4 Å². The summed E-state index contributed by atoms with van der Waals surface area (Å²) in [4.78, 5) is 0. The third-order valence-corrected chi connectivity index (χ3v) is 7.40. The lowest BCUT2D eigenvalue weighted by atomic mass is 10.2. The molecule has 7 heteroatoms. The van der Waals surface area contributed by atoms with Crippen molar-refractivity contribution < 1.29 is 13.5 Å². The van der Waals surface area contributed by atoms with E-state index < -0.39 is 10.0 Å². The number of hydrogen-bond acceptors (Lipinski definition) is 5. The Balaban J connectivity index is 2.25. The highest BCUT2D eigenvalue weighted by atomic mass is 32.2. The van der Waals surface area contributed by atoms with Crippen LogP contribution in [-0.4, -0.2) is 41.4 Å². The van der Waals surface area contributed by atoms with Gasteiger partial charge in [0.2, 0.25) is 0 Å². The van der Waals surface area contributed by atoms with Crippen molar-refractivity contribution in [1.82, 2.24) is 4.31 Å². The van der Waals surface area contributed by atoms with Crippen LogP contribution in [0.25, 0.3) is 0 Å². The van der Waals surface area contributed by atoms with Gasteiger partial charge in [-0.2, -0.15) is 16.1 Å². The van der Waals surface area contributed by atoms with E-state index in [1.807, 2.05) is 0 Å². The fourth-order valence-corrected chi connectivity index (χ4v) is 6.14. The Bertz CT molecular complexity index is 521. The third kappa shape index (κ3) is 2.91. The van der Waals surface area contributed by atoms with Crippen LogP contribution >= 0.6 is 23.1 Å². The van der Waals surface area contributed by atoms with Gasteiger partial charge >= 0.3 is 0 Å². The van der Waals surface area contributed by atoms with E-state index in [2.05, 4.69) is 13.8 Å². The first-order chi connectivity index (χ1) is 8.35. The van der Waals surface area contributed by atoms with Gasteiger partial charge in [-0.15, -0.1) is 11.3 Å². The van der Waals surface area contributed by atoms with Crippen LogP contribution in [0.2, 0.25) is 0 Å². The summed E-state index contributed by atoms with van der Waals surface area (Å²) in [6.07, 6.45) is 0. The highest BCUT2D eigenvalue weighted by Gasteiger charge is 2.35. The number of aliphatic hydroxyl groups is 1. The summed E-state index contributed by atoms with van der Waals surface area (Å²) in [5.41, 5.74) is 0.657. The minimum absolute atomic E-state index is 0.0393. The van der Waals surface area contributed by atoms with Gasteiger partial charge in [-0.05, 0) is 30.9 Å². The lowest BCUT2D eigenvalue weighted by molar-refractivity contribution is 0.282. The van der Waals surface area contributed by atoms with Crippen LogP contribution in [0.4, 0.5) is 0 Å². The molecule has 102 valence electrons. The maximum atomic E-state index is 12.4. The minimum atomic E-state index is -3.39. The molecule has 0 amide bonds. The molecule has 1 aromatic rings. The van der Waals surface area contributed by atoms with E-state index in [0.717, 1.165) is 5.75 Å². The lowest BCUT2D eigenvalue weighted by Crippen LogP contribution is -2.45. The van der Waals surface area contributed by atoms with E-state index in [9.17, 15) is 8.42 Å². The van der Waals surface area contributed by atoms with E-state index in [1.54, 1.807) is 27.5 Å². The van der Waals surface area contributed by atoms with Crippen molar-refractivity contribution in [3.05, 3.63) is 17.0 Å². The van der Waals surface area contributed by atoms with Crippen LogP contribution in [0, 0.1) is 0 Å². The van der Waals surface area contributed by atoms with Gasteiger partial charge in [0.1, 0.15) is 4.21 Å². The quantitative estimate of drug-likeness (QED) is 0.924. The molecule has 2 rings (SSSR count). The smallest absolute Gasteiger partial charge is 0.252 e. The molecular weight excluding hydrogens is 290 g/mol. The summed E-state index contributed by atoms with van der Waals surface area (Å²) < 4.78 is 26.7. The molecule has 0 radical (unpaired) electrons. The maximum Gasteiger partial charge on any atom is 0.252 e. The summed E-state index contributed by atoms with van der Waals surface area (Å²) in [5.74, 6) is 0.824. The molecule has 1 saturated heterocycles. The van der Waals surface area contributed by atoms with Gasteiger partial charge < -0.3 is 5.11 Å². The molecule has 4 nitrogen and oxygen atoms in total. The molecule has 0 aromatic carbocycles. The molecule has 1 aromatic heterocycles. The van der Waals surface area contributed by atoms with Gasteiger partial charge in [0.15, 0.2) is 0 Å². The van der Waals surface area contributed by atoms with Crippen molar-refractivity contribution in [2.75, 3.05) is 18.8 Å². The zero-order chi connectivity index (χ0) is 13.4. The Labute approximate surface area is 116 Å². The number of nitrogens with zero attached hydrogens (tertiary/aromatic N) is 1. The normalized spacial score (nSPS) is 21.1. The van der Waals surface area contributed by atoms with Crippen molar-refractivity contribution in [3.63, 3.8) is 0 Å². The number of sulfonamides is 1. The summed E-state index contributed by atoms with van der Waals surface area (Å²) in [6.45, 7) is 5.10. The van der Waals surface area contributed by atoms with Gasteiger partial charge in [-0.3, -0.25) is 0 Å². The second kappa shape index (κ2) is 5.13. The van der Waals surface area contributed by atoms with Crippen molar-refractivity contribution in [2.24, 2.45) is 0 Å². The summed E-state index contributed by atoms with van der Waals surface area (Å²) >= 11 is 2.98. The summed E-state index contributed by atoms with van der Waals surface area (Å²) in [7, 11) is -3.39. The van der Waals surface area contributed by atoms with Gasteiger partial charge in [0.25, 0.3) is 10.0 Å². The molecule has 0 saturated carbocycles. The fourth-order valence-electron chi connectivity index (χ4n) is 1.88. The van der Waals surface area contributed by atoms with Crippen LogP contribution in [0.5, 0.6) is 0 Å². The Hall–Kier alpha value is -0.0800. The molecule has 0 spiro atoms. The number of hydrogen-bond donors (Lipinski definition) is 1. The van der Waals surface area contributed by atoms with Crippen LogP contribution < -0.4 is 0 Å². The first kappa shape index (κ1) is 14.3. The van der Waals surface area contributed by atoms with Crippen molar-refractivity contribution in [3.8, 4) is 0 Å². The monoisotopic (exact) mass is 307 g/mol. The molecule has 1 N–H and O–H groups in total. The Morgan fingerprint density at radius 1 is 1.50 bits per heavy atom. The third-order valence-electron chi connectivity index (χ3n) is 2.80. The predicted molar refractivity (Wildman–Crippen MR) is 75.5 cm³/mol. The zero-order valence-corrected chi connectivity index (χ0v) is 12.9. The Morgan fingerprint density at radius 2 is 2.22 bits per heavy atom. The summed E-state index contributed by atoms with van der Waals surface area (Å²) in [6, 6.07) is 1.56. The average molecular weight is 307 g/mol. The van der Waals surface area contributed by atoms with Gasteiger partial charge in [-0.25, -0.2) is 8.42 Å². The van der Waals surface area contributed by atoms with Crippen molar-refractivity contribution >= 4 is 33.1 Å². The number of rotatable bonds is 3. The van der Waals surface area contributed by atoms with Crippen molar-refractivity contribution in [1.29, 1.82) is 0 Å². The highest BCUT2D eigenvalue weighted by molar-refractivity contribution is 8.00. The molecule has 0 unspecified atom stereocenters. The summed E-state index contributed by atoms with van der Waals surface area (Å²) in [5, 5.41) is 10.7. The second-order valence-electron chi connectivity index (χ2n) is 4.88. The SMILES string of the molecule is CC1(C)CN(S(=O)(=O)c2cc(CO)cs2)CCS1. The minimum Gasteiger partial charge on any atom is -0.392 e. The standard InChI is InChI=1S/C11H17NO3S3/c1-11(2)8-12(3-4-17-11)18(14,15)10-5-9(6-13)7-16-10/h5,7,13H,3-4,6,8H2,1-2H3. The predicted octanol–water partition coefficient (Wildman–Crippen LogP) is 1.76. The number of aliphatic hydroxyl groups excluding tert-OH is 1. The Kier molecular flexibility index (Phi) is 4.08. The molecule has 0 atom stereocenters. The Morgan fingerprint density at radius 3 is 2.78 bits per heavy atom. The molecule has 18 heavy (non-hydrogen) atoms. The molecular formula is C11H17NO3S3. The lowest BCUT2D eigenvalue weighted by Gasteiger charge is -2.36.